The van der Waals surface area contributed by atoms with Crippen molar-refractivity contribution in [1.82, 2.24) is 9.21 Å². The van der Waals surface area contributed by atoms with Gasteiger partial charge in [-0.25, -0.2) is 12.8 Å². The first-order valence-corrected chi connectivity index (χ1v) is 10.5. The van der Waals surface area contributed by atoms with Gasteiger partial charge in [0.1, 0.15) is 5.82 Å². The molecule has 0 radical (unpaired) electrons. The Morgan fingerprint density at radius 3 is 2.21 bits per heavy atom. The third-order valence-electron chi connectivity index (χ3n) is 4.38. The number of nitrogens with zero attached hydrogens (tertiary/aromatic N) is 2. The summed E-state index contributed by atoms with van der Waals surface area (Å²) >= 11 is 0. The molecule has 0 fully saturated rings. The van der Waals surface area contributed by atoms with Crippen LogP contribution in [0.2, 0.25) is 0 Å². The number of likely N-dealkylation sites (N-methyl/N-ethyl adjacent to an activating group) is 1. The third kappa shape index (κ3) is 5.27. The number of hydrogen-bond acceptors (Lipinski definition) is 3. The summed E-state index contributed by atoms with van der Waals surface area (Å²) in [5, 5.41) is 0. The molecule has 0 N–H and O–H groups in total. The van der Waals surface area contributed by atoms with Gasteiger partial charge < -0.3 is 4.90 Å². The van der Waals surface area contributed by atoms with Crippen LogP contribution in [0.5, 0.6) is 0 Å². The maximum atomic E-state index is 13.7. The number of carbonyl (C=O) groups is 1. The molecule has 0 aromatic heterocycles. The van der Waals surface area contributed by atoms with E-state index in [4.69, 9.17) is 0 Å². The highest BCUT2D eigenvalue weighted by atomic mass is 32.2. The van der Waals surface area contributed by atoms with Crippen LogP contribution in [-0.2, 0) is 21.4 Å². The Morgan fingerprint density at radius 1 is 1.04 bits per heavy atom. The molecule has 0 atom stereocenters. The first kappa shape index (κ1) is 21.8. The Kier molecular flexibility index (Phi) is 7.48. The standard InChI is InChI=1S/C21H25FN2O3S/c1-4-24(5-2)28(26,27)19-13-10-17(11-14-19)12-15-21(25)23(3)16-18-8-6-7-9-20(18)22/h6-15H,4-5,16H2,1-3H3/b15-12+. The molecule has 0 saturated heterocycles. The number of sulfonamides is 1. The zero-order valence-electron chi connectivity index (χ0n) is 16.3. The Labute approximate surface area is 166 Å². The van der Waals surface area contributed by atoms with E-state index in [0.29, 0.717) is 24.2 Å². The number of benzene rings is 2. The lowest BCUT2D eigenvalue weighted by Gasteiger charge is -2.18. The predicted molar refractivity (Wildman–Crippen MR) is 108 cm³/mol. The SMILES string of the molecule is CCN(CC)S(=O)(=O)c1ccc(/C=C/C(=O)N(C)Cc2ccccc2F)cc1. The van der Waals surface area contributed by atoms with E-state index in [1.807, 2.05) is 0 Å². The van der Waals surface area contributed by atoms with Crippen LogP contribution in [0, 0.1) is 5.82 Å². The van der Waals surface area contributed by atoms with E-state index in [1.165, 1.54) is 33.5 Å². The van der Waals surface area contributed by atoms with Gasteiger partial charge in [0.2, 0.25) is 15.9 Å². The fourth-order valence-corrected chi connectivity index (χ4v) is 4.18. The molecule has 150 valence electrons. The summed E-state index contributed by atoms with van der Waals surface area (Å²) in [5.41, 5.74) is 1.14. The number of rotatable bonds is 8. The van der Waals surface area contributed by atoms with E-state index in [2.05, 4.69) is 0 Å². The van der Waals surface area contributed by atoms with Crippen molar-refractivity contribution in [2.24, 2.45) is 0 Å². The number of hydrogen-bond donors (Lipinski definition) is 0. The quantitative estimate of drug-likeness (QED) is 0.633. The highest BCUT2D eigenvalue weighted by Crippen LogP contribution is 2.17. The normalized spacial score (nSPS) is 11.9. The topological polar surface area (TPSA) is 57.7 Å². The average molecular weight is 405 g/mol. The van der Waals surface area contributed by atoms with Gasteiger partial charge in [0.05, 0.1) is 4.90 Å². The minimum Gasteiger partial charge on any atom is -0.338 e. The Balaban J connectivity index is 2.06. The summed E-state index contributed by atoms with van der Waals surface area (Å²) in [7, 11) is -1.91. The molecule has 0 unspecified atom stereocenters. The van der Waals surface area contributed by atoms with Crippen molar-refractivity contribution in [3.05, 3.63) is 71.6 Å². The highest BCUT2D eigenvalue weighted by molar-refractivity contribution is 7.89. The molecule has 1 amide bonds. The average Bonchev–Trinajstić information content (AvgIpc) is 2.68. The summed E-state index contributed by atoms with van der Waals surface area (Å²) < 4.78 is 40.0. The maximum Gasteiger partial charge on any atom is 0.246 e. The molecule has 0 aliphatic heterocycles. The molecular weight excluding hydrogens is 379 g/mol. The van der Waals surface area contributed by atoms with Gasteiger partial charge in [0.25, 0.3) is 0 Å². The van der Waals surface area contributed by atoms with Gasteiger partial charge in [-0.05, 0) is 29.8 Å². The maximum absolute atomic E-state index is 13.7. The smallest absolute Gasteiger partial charge is 0.246 e. The van der Waals surface area contributed by atoms with E-state index in [-0.39, 0.29) is 23.2 Å². The van der Waals surface area contributed by atoms with E-state index in [1.54, 1.807) is 57.3 Å². The van der Waals surface area contributed by atoms with E-state index >= 15 is 0 Å². The fourth-order valence-electron chi connectivity index (χ4n) is 2.72. The van der Waals surface area contributed by atoms with Gasteiger partial charge in [0.15, 0.2) is 0 Å². The van der Waals surface area contributed by atoms with Crippen LogP contribution >= 0.6 is 0 Å². The molecule has 28 heavy (non-hydrogen) atoms. The Morgan fingerprint density at radius 2 is 1.64 bits per heavy atom. The molecule has 0 saturated carbocycles. The van der Waals surface area contributed by atoms with Crippen molar-refractivity contribution in [3.63, 3.8) is 0 Å². The summed E-state index contributed by atoms with van der Waals surface area (Å²) in [5.74, 6) is -0.626. The molecule has 2 aromatic rings. The molecule has 0 heterocycles. The minimum atomic E-state index is -3.50. The Hall–Kier alpha value is -2.51. The summed E-state index contributed by atoms with van der Waals surface area (Å²) in [4.78, 5) is 13.9. The molecular formula is C21H25FN2O3S. The molecule has 2 rings (SSSR count). The fraction of sp³-hybridized carbons (Fsp3) is 0.286. The zero-order chi connectivity index (χ0) is 20.7. The van der Waals surface area contributed by atoms with Gasteiger partial charge in [-0.2, -0.15) is 4.31 Å². The largest absolute Gasteiger partial charge is 0.338 e. The van der Waals surface area contributed by atoms with Crippen LogP contribution in [0.1, 0.15) is 25.0 Å². The van der Waals surface area contributed by atoms with E-state index < -0.39 is 10.0 Å². The predicted octanol–water partition coefficient (Wildman–Crippen LogP) is 3.53. The molecule has 0 bridgehead atoms. The second-order valence-corrected chi connectivity index (χ2v) is 8.22. The van der Waals surface area contributed by atoms with Gasteiger partial charge in [-0.1, -0.05) is 44.2 Å². The lowest BCUT2D eigenvalue weighted by Crippen LogP contribution is -2.30. The van der Waals surface area contributed by atoms with Crippen LogP contribution in [0.15, 0.2) is 59.5 Å². The lowest BCUT2D eigenvalue weighted by atomic mass is 10.2. The monoisotopic (exact) mass is 404 g/mol. The second-order valence-electron chi connectivity index (χ2n) is 6.28. The summed E-state index contributed by atoms with van der Waals surface area (Å²) in [6.45, 7) is 4.56. The van der Waals surface area contributed by atoms with Crippen LogP contribution < -0.4 is 0 Å². The first-order valence-electron chi connectivity index (χ1n) is 9.06. The first-order chi connectivity index (χ1) is 13.3. The zero-order valence-corrected chi connectivity index (χ0v) is 17.1. The highest BCUT2D eigenvalue weighted by Gasteiger charge is 2.20. The molecule has 0 aliphatic carbocycles. The van der Waals surface area contributed by atoms with Gasteiger partial charge in [0, 0.05) is 38.3 Å². The number of amides is 1. The molecule has 2 aromatic carbocycles. The van der Waals surface area contributed by atoms with Crippen molar-refractivity contribution in [1.29, 1.82) is 0 Å². The second kappa shape index (κ2) is 9.61. The Bertz CT molecular complexity index is 936. The van der Waals surface area contributed by atoms with Crippen LogP contribution in [0.4, 0.5) is 4.39 Å². The summed E-state index contributed by atoms with van der Waals surface area (Å²) in [6, 6.07) is 12.7. The minimum absolute atomic E-state index is 0.164. The molecule has 0 aliphatic rings. The van der Waals surface area contributed by atoms with E-state index in [0.717, 1.165) is 0 Å². The van der Waals surface area contributed by atoms with Crippen molar-refractivity contribution >= 4 is 22.0 Å². The molecule has 5 nitrogen and oxygen atoms in total. The summed E-state index contributed by atoms with van der Waals surface area (Å²) in [6.07, 6.45) is 2.99. The molecule has 7 heteroatoms. The van der Waals surface area contributed by atoms with Crippen molar-refractivity contribution in [2.45, 2.75) is 25.3 Å². The molecule has 0 spiro atoms. The third-order valence-corrected chi connectivity index (χ3v) is 6.45. The number of halogens is 1. The van der Waals surface area contributed by atoms with Crippen LogP contribution in [-0.4, -0.2) is 43.7 Å². The number of carbonyl (C=O) groups excluding carboxylic acids is 1. The van der Waals surface area contributed by atoms with Crippen molar-refractivity contribution < 1.29 is 17.6 Å². The lowest BCUT2D eigenvalue weighted by molar-refractivity contribution is -0.125. The van der Waals surface area contributed by atoms with Gasteiger partial charge in [-0.15, -0.1) is 0 Å². The van der Waals surface area contributed by atoms with Gasteiger partial charge in [-0.3, -0.25) is 4.79 Å². The van der Waals surface area contributed by atoms with Crippen molar-refractivity contribution in [2.75, 3.05) is 20.1 Å². The van der Waals surface area contributed by atoms with Crippen LogP contribution in [0.3, 0.4) is 0 Å². The van der Waals surface area contributed by atoms with E-state index in [9.17, 15) is 17.6 Å². The van der Waals surface area contributed by atoms with Crippen LogP contribution in [0.25, 0.3) is 6.08 Å². The van der Waals surface area contributed by atoms with Gasteiger partial charge >= 0.3 is 0 Å². The van der Waals surface area contributed by atoms with Crippen molar-refractivity contribution in [3.8, 4) is 0 Å².